The van der Waals surface area contributed by atoms with Gasteiger partial charge in [0.25, 0.3) is 0 Å². The van der Waals surface area contributed by atoms with Gasteiger partial charge >= 0.3 is 0 Å². The molecule has 0 atom stereocenters. The zero-order valence-electron chi connectivity index (χ0n) is 17.7. The second-order valence-electron chi connectivity index (χ2n) is 6.83. The maximum Gasteiger partial charge on any atom is 0.216 e. The standard InChI is InChI=1S/C20H26N6O3S.HI/c1-4-21-20(23-13-15-7-8-17(14(2)12-15)30(3,27)28)22-10-9-18-24-19(26-25-18)16-6-5-11-29-16;/h5-8,11-12H,4,9-10,13H2,1-3H3,(H2,21,22,23)(H,24,25,26);1H. The van der Waals surface area contributed by atoms with Crippen LogP contribution in [0, 0.1) is 6.92 Å². The van der Waals surface area contributed by atoms with Gasteiger partial charge in [0, 0.05) is 25.8 Å². The molecule has 9 nitrogen and oxygen atoms in total. The third-order valence-corrected chi connectivity index (χ3v) is 5.59. The van der Waals surface area contributed by atoms with Crippen LogP contribution in [-0.4, -0.2) is 48.9 Å². The molecule has 0 saturated carbocycles. The zero-order chi connectivity index (χ0) is 21.6. The van der Waals surface area contributed by atoms with E-state index in [-0.39, 0.29) is 24.0 Å². The number of halogens is 1. The van der Waals surface area contributed by atoms with E-state index in [2.05, 4.69) is 30.8 Å². The normalized spacial score (nSPS) is 11.8. The lowest BCUT2D eigenvalue weighted by atomic mass is 10.1. The molecule has 2 heterocycles. The molecule has 1 aromatic carbocycles. The Balaban J connectivity index is 0.00000341. The van der Waals surface area contributed by atoms with Crippen molar-refractivity contribution in [1.29, 1.82) is 0 Å². The van der Waals surface area contributed by atoms with Gasteiger partial charge in [-0.05, 0) is 43.2 Å². The average Bonchev–Trinajstić information content (AvgIpc) is 3.37. The number of nitrogens with one attached hydrogen (secondary N) is 3. The van der Waals surface area contributed by atoms with Crippen molar-refractivity contribution in [2.24, 2.45) is 4.99 Å². The molecule has 0 aliphatic carbocycles. The van der Waals surface area contributed by atoms with Crippen molar-refractivity contribution in [2.45, 2.75) is 31.7 Å². The Labute approximate surface area is 199 Å². The highest BCUT2D eigenvalue weighted by Gasteiger charge is 2.11. The number of H-pyrrole nitrogens is 1. The number of nitrogens with zero attached hydrogens (tertiary/aromatic N) is 3. The Hall–Kier alpha value is -2.41. The van der Waals surface area contributed by atoms with E-state index in [4.69, 9.17) is 4.42 Å². The van der Waals surface area contributed by atoms with E-state index in [1.54, 1.807) is 31.4 Å². The van der Waals surface area contributed by atoms with Gasteiger partial charge in [-0.3, -0.25) is 5.10 Å². The molecule has 0 bridgehead atoms. The van der Waals surface area contributed by atoms with Gasteiger partial charge in [0.15, 0.2) is 21.6 Å². The SMILES string of the molecule is CCNC(=NCc1ccc(S(C)(=O)=O)c(C)c1)NCCc1nc(-c2ccco2)n[nH]1.I. The number of aromatic nitrogens is 3. The van der Waals surface area contributed by atoms with Gasteiger partial charge in [0.1, 0.15) is 5.82 Å². The topological polar surface area (TPSA) is 125 Å². The summed E-state index contributed by atoms with van der Waals surface area (Å²) < 4.78 is 28.8. The van der Waals surface area contributed by atoms with E-state index in [0.717, 1.165) is 23.5 Å². The fraction of sp³-hybridized carbons (Fsp3) is 0.350. The molecule has 31 heavy (non-hydrogen) atoms. The van der Waals surface area contributed by atoms with Gasteiger partial charge in [-0.1, -0.05) is 12.1 Å². The number of aromatic amines is 1. The highest BCUT2D eigenvalue weighted by atomic mass is 127. The first kappa shape index (κ1) is 24.9. The molecule has 0 unspecified atom stereocenters. The number of hydrogen-bond donors (Lipinski definition) is 3. The van der Waals surface area contributed by atoms with Crippen molar-refractivity contribution in [2.75, 3.05) is 19.3 Å². The predicted octanol–water partition coefficient (Wildman–Crippen LogP) is 2.69. The van der Waals surface area contributed by atoms with Crippen LogP contribution >= 0.6 is 24.0 Å². The summed E-state index contributed by atoms with van der Waals surface area (Å²) in [5.41, 5.74) is 1.66. The summed E-state index contributed by atoms with van der Waals surface area (Å²) in [7, 11) is -3.22. The van der Waals surface area contributed by atoms with Crippen molar-refractivity contribution in [3.63, 3.8) is 0 Å². The first-order valence-electron chi connectivity index (χ1n) is 9.63. The highest BCUT2D eigenvalue weighted by molar-refractivity contribution is 14.0. The minimum absolute atomic E-state index is 0. The Kier molecular flexibility index (Phi) is 9.04. The summed E-state index contributed by atoms with van der Waals surface area (Å²) >= 11 is 0. The first-order valence-corrected chi connectivity index (χ1v) is 11.5. The highest BCUT2D eigenvalue weighted by Crippen LogP contribution is 2.17. The number of rotatable bonds is 8. The van der Waals surface area contributed by atoms with Crippen molar-refractivity contribution in [1.82, 2.24) is 25.8 Å². The monoisotopic (exact) mass is 558 g/mol. The number of aryl methyl sites for hydroxylation is 1. The number of aliphatic imine (C=N–C) groups is 1. The van der Waals surface area contributed by atoms with Crippen LogP contribution in [0.25, 0.3) is 11.6 Å². The molecule has 3 aromatic rings. The minimum atomic E-state index is -3.22. The lowest BCUT2D eigenvalue weighted by Crippen LogP contribution is -2.38. The van der Waals surface area contributed by atoms with Crippen LogP contribution in [0.15, 0.2) is 50.9 Å². The average molecular weight is 558 g/mol. The maximum absolute atomic E-state index is 11.8. The number of benzene rings is 1. The molecule has 0 fully saturated rings. The van der Waals surface area contributed by atoms with Crippen LogP contribution < -0.4 is 10.6 Å². The molecular formula is C20H27IN6O3S. The van der Waals surface area contributed by atoms with Gasteiger partial charge in [0.2, 0.25) is 5.82 Å². The Morgan fingerprint density at radius 2 is 2.06 bits per heavy atom. The molecule has 0 saturated heterocycles. The smallest absolute Gasteiger partial charge is 0.216 e. The molecular weight excluding hydrogens is 531 g/mol. The third-order valence-electron chi connectivity index (χ3n) is 4.33. The van der Waals surface area contributed by atoms with Crippen LogP contribution in [0.5, 0.6) is 0 Å². The van der Waals surface area contributed by atoms with Crippen molar-refractivity contribution in [3.05, 3.63) is 53.5 Å². The van der Waals surface area contributed by atoms with Gasteiger partial charge in [-0.15, -0.1) is 24.0 Å². The van der Waals surface area contributed by atoms with E-state index < -0.39 is 9.84 Å². The van der Waals surface area contributed by atoms with Gasteiger partial charge in [-0.2, -0.15) is 5.10 Å². The number of sulfone groups is 1. The maximum atomic E-state index is 11.8. The number of furan rings is 1. The molecule has 0 aliphatic heterocycles. The predicted molar refractivity (Wildman–Crippen MR) is 130 cm³/mol. The minimum Gasteiger partial charge on any atom is -0.461 e. The molecule has 3 N–H and O–H groups in total. The van der Waals surface area contributed by atoms with Crippen LogP contribution in [0.4, 0.5) is 0 Å². The van der Waals surface area contributed by atoms with E-state index in [1.165, 1.54) is 6.26 Å². The Morgan fingerprint density at radius 1 is 1.26 bits per heavy atom. The van der Waals surface area contributed by atoms with Crippen molar-refractivity contribution in [3.8, 4) is 11.6 Å². The van der Waals surface area contributed by atoms with E-state index >= 15 is 0 Å². The molecule has 3 rings (SSSR count). The third kappa shape index (κ3) is 7.06. The summed E-state index contributed by atoms with van der Waals surface area (Å²) in [6, 6.07) is 8.89. The van der Waals surface area contributed by atoms with Gasteiger partial charge < -0.3 is 15.1 Å². The van der Waals surface area contributed by atoms with Crippen molar-refractivity contribution < 1.29 is 12.8 Å². The Bertz CT molecular complexity index is 1110. The van der Waals surface area contributed by atoms with E-state index in [9.17, 15) is 8.42 Å². The second-order valence-corrected chi connectivity index (χ2v) is 8.81. The summed E-state index contributed by atoms with van der Waals surface area (Å²) in [5.74, 6) is 2.57. The first-order chi connectivity index (χ1) is 14.4. The fourth-order valence-corrected chi connectivity index (χ4v) is 3.92. The largest absolute Gasteiger partial charge is 0.461 e. The lowest BCUT2D eigenvalue weighted by molar-refractivity contribution is 0.577. The molecule has 0 spiro atoms. The van der Waals surface area contributed by atoms with Gasteiger partial charge in [0.05, 0.1) is 17.7 Å². The number of hydrogen-bond acceptors (Lipinski definition) is 6. The summed E-state index contributed by atoms with van der Waals surface area (Å²) in [6.45, 7) is 5.56. The molecule has 0 aliphatic rings. The van der Waals surface area contributed by atoms with Crippen LogP contribution in [-0.2, 0) is 22.8 Å². The van der Waals surface area contributed by atoms with Crippen molar-refractivity contribution >= 4 is 39.8 Å². The van der Waals surface area contributed by atoms with Gasteiger partial charge in [-0.25, -0.2) is 18.4 Å². The summed E-state index contributed by atoms with van der Waals surface area (Å²) in [4.78, 5) is 9.34. The Morgan fingerprint density at radius 3 is 2.71 bits per heavy atom. The number of guanidine groups is 1. The molecule has 168 valence electrons. The second kappa shape index (κ2) is 11.3. The zero-order valence-corrected chi connectivity index (χ0v) is 20.8. The molecule has 0 amide bonds. The fourth-order valence-electron chi connectivity index (χ4n) is 2.96. The molecule has 0 radical (unpaired) electrons. The molecule has 11 heteroatoms. The van der Waals surface area contributed by atoms with Crippen LogP contribution in [0.2, 0.25) is 0 Å². The van der Waals surface area contributed by atoms with Crippen LogP contribution in [0.3, 0.4) is 0 Å². The summed E-state index contributed by atoms with van der Waals surface area (Å²) in [6.07, 6.45) is 3.44. The van der Waals surface area contributed by atoms with Crippen LogP contribution in [0.1, 0.15) is 23.9 Å². The van der Waals surface area contributed by atoms with E-state index in [0.29, 0.717) is 42.0 Å². The lowest BCUT2D eigenvalue weighted by Gasteiger charge is -2.11. The quantitative estimate of drug-likeness (QED) is 0.221. The van der Waals surface area contributed by atoms with E-state index in [1.807, 2.05) is 19.1 Å². The summed E-state index contributed by atoms with van der Waals surface area (Å²) in [5, 5.41) is 13.5. The molecule has 2 aromatic heterocycles.